The largest absolute Gasteiger partial charge is 0.223 e. The zero-order chi connectivity index (χ0) is 15.2. The van der Waals surface area contributed by atoms with Gasteiger partial charge in [-0.3, -0.25) is 0 Å². The summed E-state index contributed by atoms with van der Waals surface area (Å²) in [5.74, 6) is 3.08. The zero-order valence-corrected chi connectivity index (χ0v) is 17.3. The van der Waals surface area contributed by atoms with Gasteiger partial charge < -0.3 is 0 Å². The van der Waals surface area contributed by atoms with E-state index >= 15 is 0 Å². The average Bonchev–Trinajstić information content (AvgIpc) is 3.06. The molecule has 0 amide bonds. The summed E-state index contributed by atoms with van der Waals surface area (Å²) in [7, 11) is -3.15. The first-order valence-electron chi connectivity index (χ1n) is 8.20. The Bertz CT molecular complexity index is 773. The Morgan fingerprint density at radius 2 is 1.68 bits per heavy atom. The molecule has 3 saturated carbocycles. The summed E-state index contributed by atoms with van der Waals surface area (Å²) in [4.78, 5) is 0.678. The topological polar surface area (TPSA) is 34.1 Å². The third-order valence-electron chi connectivity index (χ3n) is 6.85. The van der Waals surface area contributed by atoms with Crippen molar-refractivity contribution in [3.63, 3.8) is 0 Å². The molecule has 2 bridgehead atoms. The summed E-state index contributed by atoms with van der Waals surface area (Å²) in [5.41, 5.74) is 1.10. The van der Waals surface area contributed by atoms with Gasteiger partial charge in [0.2, 0.25) is 0 Å². The van der Waals surface area contributed by atoms with Crippen LogP contribution in [0.15, 0.2) is 17.0 Å². The lowest BCUT2D eigenvalue weighted by molar-refractivity contribution is 0.187. The summed E-state index contributed by atoms with van der Waals surface area (Å²) in [6.45, 7) is 0. The van der Waals surface area contributed by atoms with Gasteiger partial charge in [-0.2, -0.15) is 0 Å². The number of rotatable bonds is 0. The van der Waals surface area contributed by atoms with Crippen LogP contribution in [0.5, 0.6) is 0 Å². The first-order valence-corrected chi connectivity index (χ1v) is 11.9. The molecule has 1 heterocycles. The maximum absolute atomic E-state index is 13.4. The number of fused-ring (bicyclic) bond motifs is 9. The van der Waals surface area contributed by atoms with E-state index in [0.29, 0.717) is 28.6 Å². The molecule has 0 radical (unpaired) electrons. The van der Waals surface area contributed by atoms with Gasteiger partial charge in [-0.05, 0) is 118 Å². The van der Waals surface area contributed by atoms with Gasteiger partial charge in [0.15, 0.2) is 9.84 Å². The lowest BCUT2D eigenvalue weighted by Gasteiger charge is -2.41. The lowest BCUT2D eigenvalue weighted by atomic mass is 9.73. The highest BCUT2D eigenvalue weighted by Crippen LogP contribution is 2.65. The van der Waals surface area contributed by atoms with Gasteiger partial charge in [-0.25, -0.2) is 8.42 Å². The van der Waals surface area contributed by atoms with E-state index in [-0.39, 0.29) is 5.25 Å². The molecule has 22 heavy (non-hydrogen) atoms. The van der Waals surface area contributed by atoms with Crippen LogP contribution in [0.3, 0.4) is 0 Å². The van der Waals surface area contributed by atoms with Gasteiger partial charge in [0, 0.05) is 7.14 Å². The van der Waals surface area contributed by atoms with Crippen LogP contribution in [-0.2, 0) is 16.3 Å². The number of sulfone groups is 1. The Balaban J connectivity index is 1.69. The number of halogens is 2. The quantitative estimate of drug-likeness (QED) is 0.461. The van der Waals surface area contributed by atoms with Crippen molar-refractivity contribution in [2.75, 3.05) is 0 Å². The lowest BCUT2D eigenvalue weighted by Crippen LogP contribution is -2.45. The van der Waals surface area contributed by atoms with E-state index in [0.717, 1.165) is 25.0 Å². The molecular formula is C17H18I2O2S. The molecule has 6 unspecified atom stereocenters. The van der Waals surface area contributed by atoms with Gasteiger partial charge in [-0.1, -0.05) is 6.42 Å². The second-order valence-corrected chi connectivity index (χ2v) is 12.0. The van der Waals surface area contributed by atoms with Crippen LogP contribution in [0.2, 0.25) is 0 Å². The van der Waals surface area contributed by atoms with Gasteiger partial charge >= 0.3 is 0 Å². The van der Waals surface area contributed by atoms with E-state index in [9.17, 15) is 8.42 Å². The van der Waals surface area contributed by atoms with Crippen molar-refractivity contribution in [3.8, 4) is 0 Å². The molecule has 3 fully saturated rings. The fourth-order valence-corrected chi connectivity index (χ4v) is 11.9. The highest BCUT2D eigenvalue weighted by molar-refractivity contribution is 14.1. The third-order valence-corrected chi connectivity index (χ3v) is 11.2. The summed E-state index contributed by atoms with van der Waals surface area (Å²) < 4.78 is 28.9. The van der Waals surface area contributed by atoms with Gasteiger partial charge in [0.05, 0.1) is 10.1 Å². The van der Waals surface area contributed by atoms with Crippen molar-refractivity contribution >= 4 is 55.0 Å². The van der Waals surface area contributed by atoms with Crippen molar-refractivity contribution in [2.45, 2.75) is 42.2 Å². The number of hydrogen-bond donors (Lipinski definition) is 0. The summed E-state index contributed by atoms with van der Waals surface area (Å²) in [6, 6.07) is 4.13. The third kappa shape index (κ3) is 1.79. The van der Waals surface area contributed by atoms with E-state index in [1.165, 1.54) is 25.7 Å². The SMILES string of the molecule is O=S1(=O)c2c(I)cc(I)cc2CC2C3CC(C4CCCC34)C21. The number of hydrogen-bond acceptors (Lipinski definition) is 2. The van der Waals surface area contributed by atoms with Crippen LogP contribution in [0, 0.1) is 36.7 Å². The summed E-state index contributed by atoms with van der Waals surface area (Å²) in [6.07, 6.45) is 6.14. The van der Waals surface area contributed by atoms with Gasteiger partial charge in [0.25, 0.3) is 0 Å². The van der Waals surface area contributed by atoms with Crippen LogP contribution < -0.4 is 0 Å². The Morgan fingerprint density at radius 3 is 2.45 bits per heavy atom. The van der Waals surface area contributed by atoms with E-state index in [1.807, 2.05) is 6.07 Å². The minimum atomic E-state index is -3.15. The number of benzene rings is 1. The molecule has 118 valence electrons. The summed E-state index contributed by atoms with van der Waals surface area (Å²) in [5, 5.41) is -0.0714. The van der Waals surface area contributed by atoms with E-state index < -0.39 is 9.84 Å². The molecule has 4 aliphatic rings. The molecule has 0 aromatic heterocycles. The molecule has 6 atom stereocenters. The zero-order valence-electron chi connectivity index (χ0n) is 12.1. The highest BCUT2D eigenvalue weighted by atomic mass is 127. The highest BCUT2D eigenvalue weighted by Gasteiger charge is 2.64. The first kappa shape index (κ1) is 14.9. The van der Waals surface area contributed by atoms with Crippen LogP contribution >= 0.6 is 45.2 Å². The van der Waals surface area contributed by atoms with Crippen molar-refractivity contribution in [2.24, 2.45) is 29.6 Å². The van der Waals surface area contributed by atoms with Crippen LogP contribution in [0.4, 0.5) is 0 Å². The molecule has 2 nitrogen and oxygen atoms in total. The van der Waals surface area contributed by atoms with Gasteiger partial charge in [-0.15, -0.1) is 0 Å². The van der Waals surface area contributed by atoms with Crippen LogP contribution in [0.1, 0.15) is 31.2 Å². The van der Waals surface area contributed by atoms with E-state index in [4.69, 9.17) is 0 Å². The Labute approximate surface area is 159 Å². The Hall–Kier alpha value is 0.630. The molecule has 5 heteroatoms. The minimum Gasteiger partial charge on any atom is -0.223 e. The van der Waals surface area contributed by atoms with Crippen molar-refractivity contribution < 1.29 is 8.42 Å². The first-order chi connectivity index (χ1) is 10.5. The minimum absolute atomic E-state index is 0.0714. The second kappa shape index (κ2) is 4.84. The van der Waals surface area contributed by atoms with Crippen molar-refractivity contribution in [3.05, 3.63) is 24.8 Å². The molecule has 0 N–H and O–H groups in total. The van der Waals surface area contributed by atoms with Crippen molar-refractivity contribution in [1.29, 1.82) is 0 Å². The van der Waals surface area contributed by atoms with E-state index in [1.54, 1.807) is 0 Å². The smallest absolute Gasteiger partial charge is 0.183 e. The van der Waals surface area contributed by atoms with E-state index in [2.05, 4.69) is 51.2 Å². The summed E-state index contributed by atoms with van der Waals surface area (Å²) >= 11 is 4.54. The Kier molecular flexibility index (Phi) is 3.28. The molecular weight excluding hydrogens is 522 g/mol. The van der Waals surface area contributed by atoms with Crippen LogP contribution in [-0.4, -0.2) is 13.7 Å². The molecule has 0 spiro atoms. The standard InChI is InChI=1S/C17H18I2O2S/c18-9-4-8-5-13-12-7-14(11-3-1-2-10(11)12)17(13)22(20,21)16(8)15(19)6-9/h4,6,10-14,17H,1-3,5,7H2. The predicted octanol–water partition coefficient (Wildman–Crippen LogP) is 4.28. The fraction of sp³-hybridized carbons (Fsp3) is 0.647. The average molecular weight is 540 g/mol. The Morgan fingerprint density at radius 1 is 0.955 bits per heavy atom. The van der Waals surface area contributed by atoms with Gasteiger partial charge in [0.1, 0.15) is 0 Å². The van der Waals surface area contributed by atoms with Crippen LogP contribution in [0.25, 0.3) is 0 Å². The molecule has 1 aliphatic heterocycles. The normalized spacial score (nSPS) is 43.7. The molecule has 3 aliphatic carbocycles. The molecule has 1 aromatic rings. The molecule has 1 aromatic carbocycles. The molecule has 0 saturated heterocycles. The maximum Gasteiger partial charge on any atom is 0.183 e. The maximum atomic E-state index is 13.4. The molecule has 5 rings (SSSR count). The fourth-order valence-electron chi connectivity index (χ4n) is 6.38. The van der Waals surface area contributed by atoms with Crippen molar-refractivity contribution in [1.82, 2.24) is 0 Å². The monoisotopic (exact) mass is 540 g/mol. The second-order valence-electron chi connectivity index (χ2n) is 7.58. The predicted molar refractivity (Wildman–Crippen MR) is 102 cm³/mol.